The van der Waals surface area contributed by atoms with E-state index in [4.69, 9.17) is 0 Å². The fraction of sp³-hybridized carbons (Fsp3) is 0.850. The van der Waals surface area contributed by atoms with Gasteiger partial charge >= 0.3 is 0 Å². The number of ketones is 1. The van der Waals surface area contributed by atoms with E-state index in [2.05, 4.69) is 27.4 Å². The van der Waals surface area contributed by atoms with Gasteiger partial charge in [-0.15, -0.1) is 0 Å². The average molecular weight is 320 g/mol. The Balaban J connectivity index is 1.93. The molecule has 3 nitrogen and oxygen atoms in total. The third kappa shape index (κ3) is 2.34. The lowest BCUT2D eigenvalue weighted by Crippen LogP contribution is -2.58. The van der Waals surface area contributed by atoms with Crippen molar-refractivity contribution in [2.75, 3.05) is 6.61 Å². The zero-order chi connectivity index (χ0) is 17.0. The molecule has 0 saturated heterocycles. The van der Waals surface area contributed by atoms with E-state index in [9.17, 15) is 15.0 Å². The summed E-state index contributed by atoms with van der Waals surface area (Å²) in [6.45, 7) is 10.8. The Kier molecular flexibility index (Phi) is 4.04. The molecule has 130 valence electrons. The molecule has 0 heterocycles. The number of carbonyl (C=O) groups excluding carboxylic acids is 1. The lowest BCUT2D eigenvalue weighted by Gasteiger charge is -2.62. The number of hydrogen-bond donors (Lipinski definition) is 2. The van der Waals surface area contributed by atoms with Crippen molar-refractivity contribution in [3.8, 4) is 0 Å². The molecule has 0 radical (unpaired) electrons. The van der Waals surface area contributed by atoms with Crippen LogP contribution in [0.25, 0.3) is 0 Å². The summed E-state index contributed by atoms with van der Waals surface area (Å²) in [5.41, 5.74) is 1.03. The number of aliphatic hydroxyl groups is 2. The van der Waals surface area contributed by atoms with Gasteiger partial charge in [0.05, 0.1) is 12.7 Å². The van der Waals surface area contributed by atoms with Gasteiger partial charge in [0.15, 0.2) is 0 Å². The molecule has 6 atom stereocenters. The molecule has 3 aliphatic carbocycles. The molecule has 2 N–H and O–H groups in total. The maximum atomic E-state index is 12.9. The van der Waals surface area contributed by atoms with Crippen LogP contribution in [0.5, 0.6) is 0 Å². The summed E-state index contributed by atoms with van der Waals surface area (Å²) in [5, 5.41) is 19.7. The molecule has 3 saturated carbocycles. The Labute approximate surface area is 140 Å². The third-order valence-electron chi connectivity index (χ3n) is 7.97. The Morgan fingerprint density at radius 3 is 2.57 bits per heavy atom. The Bertz CT molecular complexity index is 527. The van der Waals surface area contributed by atoms with Crippen molar-refractivity contribution >= 4 is 5.78 Å². The molecule has 0 bridgehead atoms. The zero-order valence-electron chi connectivity index (χ0n) is 14.9. The van der Waals surface area contributed by atoms with Crippen molar-refractivity contribution in [1.82, 2.24) is 0 Å². The normalized spacial score (nSPS) is 48.6. The van der Waals surface area contributed by atoms with Gasteiger partial charge in [0.25, 0.3) is 0 Å². The largest absolute Gasteiger partial charge is 0.394 e. The fourth-order valence-electron chi connectivity index (χ4n) is 6.15. The molecule has 0 aromatic carbocycles. The Morgan fingerprint density at radius 1 is 1.22 bits per heavy atom. The summed E-state index contributed by atoms with van der Waals surface area (Å²) < 4.78 is 0. The molecular formula is C20H32O3. The topological polar surface area (TPSA) is 57.5 Å². The van der Waals surface area contributed by atoms with E-state index in [0.29, 0.717) is 18.1 Å². The number of fused-ring (bicyclic) bond motifs is 3. The van der Waals surface area contributed by atoms with Crippen LogP contribution in [0.1, 0.15) is 65.7 Å². The van der Waals surface area contributed by atoms with Crippen LogP contribution in [0.4, 0.5) is 0 Å². The molecule has 0 aromatic heterocycles. The van der Waals surface area contributed by atoms with E-state index >= 15 is 0 Å². The van der Waals surface area contributed by atoms with E-state index in [1.54, 1.807) is 0 Å². The van der Waals surface area contributed by atoms with Crippen LogP contribution >= 0.6 is 0 Å². The van der Waals surface area contributed by atoms with Gasteiger partial charge in [-0.1, -0.05) is 32.9 Å². The summed E-state index contributed by atoms with van der Waals surface area (Å²) in [7, 11) is 0. The molecule has 0 aliphatic heterocycles. The summed E-state index contributed by atoms with van der Waals surface area (Å²) >= 11 is 0. The first-order chi connectivity index (χ1) is 10.7. The molecule has 0 aromatic rings. The van der Waals surface area contributed by atoms with Crippen LogP contribution < -0.4 is 0 Å². The number of hydrogen-bond acceptors (Lipinski definition) is 3. The number of aliphatic hydroxyl groups excluding tert-OH is 2. The van der Waals surface area contributed by atoms with Crippen molar-refractivity contribution in [3.05, 3.63) is 12.2 Å². The minimum absolute atomic E-state index is 0.0160. The minimum Gasteiger partial charge on any atom is -0.394 e. The van der Waals surface area contributed by atoms with E-state index < -0.39 is 6.10 Å². The van der Waals surface area contributed by atoms with Crippen LogP contribution in [0.15, 0.2) is 12.2 Å². The first-order valence-corrected chi connectivity index (χ1v) is 9.17. The lowest BCUT2D eigenvalue weighted by atomic mass is 9.41. The Morgan fingerprint density at radius 2 is 1.91 bits per heavy atom. The fourth-order valence-corrected chi connectivity index (χ4v) is 6.15. The molecule has 3 heteroatoms. The highest BCUT2D eigenvalue weighted by atomic mass is 16.3. The zero-order valence-corrected chi connectivity index (χ0v) is 14.9. The first kappa shape index (κ1) is 17.2. The van der Waals surface area contributed by atoms with Crippen LogP contribution in [-0.4, -0.2) is 28.7 Å². The van der Waals surface area contributed by atoms with Crippen molar-refractivity contribution in [3.63, 3.8) is 0 Å². The van der Waals surface area contributed by atoms with Gasteiger partial charge in [-0.05, 0) is 60.7 Å². The molecule has 0 spiro atoms. The standard InChI is InChI=1S/C20H32O3/c1-13-5-6-15(22)17-19(13,3)8-7-14-11-18(2,16(23)12-21)9-10-20(14,17)4/h14,16-17,21,23H,1,5-12H2,2-4H3. The predicted molar refractivity (Wildman–Crippen MR) is 90.9 cm³/mol. The highest BCUT2D eigenvalue weighted by molar-refractivity contribution is 5.85. The van der Waals surface area contributed by atoms with Crippen LogP contribution in [-0.2, 0) is 4.79 Å². The van der Waals surface area contributed by atoms with Gasteiger partial charge in [0.1, 0.15) is 5.78 Å². The summed E-state index contributed by atoms with van der Waals surface area (Å²) in [5.74, 6) is 0.972. The van der Waals surface area contributed by atoms with Crippen LogP contribution in [0, 0.1) is 28.1 Å². The van der Waals surface area contributed by atoms with E-state index in [-0.39, 0.29) is 28.8 Å². The SMILES string of the molecule is C=C1CCC(=O)C2C1(C)CCC1CC(C)(C(O)CO)CCC12C. The highest BCUT2D eigenvalue weighted by Crippen LogP contribution is 2.66. The third-order valence-corrected chi connectivity index (χ3v) is 7.97. The predicted octanol–water partition coefficient (Wildman–Crippen LogP) is 3.49. The highest BCUT2D eigenvalue weighted by Gasteiger charge is 2.61. The molecule has 0 amide bonds. The van der Waals surface area contributed by atoms with E-state index in [1.165, 1.54) is 5.57 Å². The van der Waals surface area contributed by atoms with Gasteiger partial charge in [-0.2, -0.15) is 0 Å². The smallest absolute Gasteiger partial charge is 0.137 e. The molecule has 3 fully saturated rings. The van der Waals surface area contributed by atoms with Crippen molar-refractivity contribution < 1.29 is 15.0 Å². The van der Waals surface area contributed by atoms with Crippen LogP contribution in [0.2, 0.25) is 0 Å². The van der Waals surface area contributed by atoms with Crippen LogP contribution in [0.3, 0.4) is 0 Å². The quantitative estimate of drug-likeness (QED) is 0.766. The van der Waals surface area contributed by atoms with E-state index in [1.807, 2.05) is 0 Å². The first-order valence-electron chi connectivity index (χ1n) is 9.17. The second-order valence-electron chi connectivity index (χ2n) is 9.22. The molecule has 3 rings (SSSR count). The number of rotatable bonds is 2. The summed E-state index contributed by atoms with van der Waals surface area (Å²) in [6, 6.07) is 0. The van der Waals surface area contributed by atoms with Crippen molar-refractivity contribution in [2.24, 2.45) is 28.1 Å². The summed E-state index contributed by atoms with van der Waals surface area (Å²) in [4.78, 5) is 12.9. The molecule has 23 heavy (non-hydrogen) atoms. The molecular weight excluding hydrogens is 288 g/mol. The maximum absolute atomic E-state index is 12.9. The number of allylic oxidation sites excluding steroid dienone is 1. The Hall–Kier alpha value is -0.670. The van der Waals surface area contributed by atoms with E-state index in [0.717, 1.165) is 38.5 Å². The van der Waals surface area contributed by atoms with Gasteiger partial charge in [-0.3, -0.25) is 4.79 Å². The molecule has 6 unspecified atom stereocenters. The average Bonchev–Trinajstić information content (AvgIpc) is 2.51. The van der Waals surface area contributed by atoms with Gasteiger partial charge in [0.2, 0.25) is 0 Å². The lowest BCUT2D eigenvalue weighted by molar-refractivity contribution is -0.158. The number of Topliss-reactive ketones (excluding diaryl/α,β-unsaturated/α-hetero) is 1. The number of carbonyl (C=O) groups is 1. The molecule has 3 aliphatic rings. The minimum atomic E-state index is -0.655. The van der Waals surface area contributed by atoms with Gasteiger partial charge in [-0.25, -0.2) is 0 Å². The summed E-state index contributed by atoms with van der Waals surface area (Å²) in [6.07, 6.45) is 5.75. The monoisotopic (exact) mass is 320 g/mol. The van der Waals surface area contributed by atoms with Crippen molar-refractivity contribution in [2.45, 2.75) is 71.8 Å². The second kappa shape index (κ2) is 5.42. The van der Waals surface area contributed by atoms with Crippen molar-refractivity contribution in [1.29, 1.82) is 0 Å². The maximum Gasteiger partial charge on any atom is 0.137 e. The van der Waals surface area contributed by atoms with Gasteiger partial charge < -0.3 is 10.2 Å². The second-order valence-corrected chi connectivity index (χ2v) is 9.22. The van der Waals surface area contributed by atoms with Gasteiger partial charge in [0, 0.05) is 12.3 Å².